The minimum absolute atomic E-state index is 0.140. The van der Waals surface area contributed by atoms with Crippen LogP contribution in [0.2, 0.25) is 0 Å². The molecule has 0 aliphatic rings. The van der Waals surface area contributed by atoms with E-state index in [-0.39, 0.29) is 12.5 Å². The van der Waals surface area contributed by atoms with Crippen LogP contribution in [0.1, 0.15) is 6.92 Å². The summed E-state index contributed by atoms with van der Waals surface area (Å²) in [7, 11) is 0. The third-order valence-corrected chi connectivity index (χ3v) is 2.90. The fourth-order valence-electron chi connectivity index (χ4n) is 1.90. The Morgan fingerprint density at radius 3 is 2.39 bits per heavy atom. The Kier molecular flexibility index (Phi) is 5.99. The maximum atomic E-state index is 11.9. The number of ether oxygens (including phenoxy) is 1. The fourth-order valence-corrected chi connectivity index (χ4v) is 1.90. The highest BCUT2D eigenvalue weighted by Crippen LogP contribution is 2.23. The first-order chi connectivity index (χ1) is 11.2. The van der Waals surface area contributed by atoms with E-state index in [0.717, 1.165) is 0 Å². The lowest BCUT2D eigenvalue weighted by molar-refractivity contribution is -0.115. The zero-order valence-corrected chi connectivity index (χ0v) is 12.8. The minimum atomic E-state index is -0.440. The Morgan fingerprint density at radius 1 is 0.957 bits per heavy atom. The van der Waals surface area contributed by atoms with Gasteiger partial charge in [-0.25, -0.2) is 4.79 Å². The van der Waals surface area contributed by atoms with Crippen LogP contribution < -0.4 is 20.7 Å². The Morgan fingerprint density at radius 2 is 1.65 bits per heavy atom. The van der Waals surface area contributed by atoms with Crippen molar-refractivity contribution in [2.45, 2.75) is 6.92 Å². The number of para-hydroxylation sites is 3. The third kappa shape index (κ3) is 5.35. The number of rotatable bonds is 6. The number of hydrogen-bond donors (Lipinski definition) is 3. The lowest BCUT2D eigenvalue weighted by Crippen LogP contribution is -2.35. The average Bonchev–Trinajstić information content (AvgIpc) is 2.56. The van der Waals surface area contributed by atoms with Gasteiger partial charge in [0.25, 0.3) is 0 Å². The molecule has 0 heterocycles. The van der Waals surface area contributed by atoms with Crippen LogP contribution in [0.5, 0.6) is 5.75 Å². The minimum Gasteiger partial charge on any atom is -0.492 e. The van der Waals surface area contributed by atoms with Gasteiger partial charge in [-0.2, -0.15) is 0 Å². The van der Waals surface area contributed by atoms with Crippen LogP contribution in [0.4, 0.5) is 16.2 Å². The predicted octanol–water partition coefficient (Wildman–Crippen LogP) is 2.85. The van der Waals surface area contributed by atoms with Gasteiger partial charge in [0.05, 0.1) is 18.8 Å². The first-order valence-corrected chi connectivity index (χ1v) is 7.30. The van der Waals surface area contributed by atoms with Crippen molar-refractivity contribution >= 4 is 23.3 Å². The normalized spacial score (nSPS) is 9.78. The van der Waals surface area contributed by atoms with Crippen molar-refractivity contribution in [2.75, 3.05) is 23.8 Å². The highest BCUT2D eigenvalue weighted by molar-refractivity contribution is 5.97. The summed E-state index contributed by atoms with van der Waals surface area (Å²) in [6, 6.07) is 15.7. The second-order valence-corrected chi connectivity index (χ2v) is 4.65. The summed E-state index contributed by atoms with van der Waals surface area (Å²) in [4.78, 5) is 23.6. The van der Waals surface area contributed by atoms with Crippen molar-refractivity contribution in [1.82, 2.24) is 5.32 Å². The summed E-state index contributed by atoms with van der Waals surface area (Å²) < 4.78 is 5.43. The molecule has 0 saturated carbocycles. The summed E-state index contributed by atoms with van der Waals surface area (Å²) in [5, 5.41) is 7.85. The lowest BCUT2D eigenvalue weighted by Gasteiger charge is -2.12. The molecule has 0 unspecified atom stereocenters. The molecule has 0 aromatic heterocycles. The Balaban J connectivity index is 1.82. The van der Waals surface area contributed by atoms with E-state index in [1.54, 1.807) is 30.3 Å². The van der Waals surface area contributed by atoms with Crippen LogP contribution in [-0.2, 0) is 4.79 Å². The summed E-state index contributed by atoms with van der Waals surface area (Å²) in [5.74, 6) is 0.262. The molecule has 3 amide bonds. The second-order valence-electron chi connectivity index (χ2n) is 4.65. The number of carbonyl (C=O) groups is 2. The van der Waals surface area contributed by atoms with E-state index in [1.165, 1.54) is 0 Å². The predicted molar refractivity (Wildman–Crippen MR) is 89.7 cm³/mol. The first-order valence-electron chi connectivity index (χ1n) is 7.30. The summed E-state index contributed by atoms with van der Waals surface area (Å²) in [5.41, 5.74) is 1.23. The lowest BCUT2D eigenvalue weighted by atomic mass is 10.3. The van der Waals surface area contributed by atoms with Crippen LogP contribution >= 0.6 is 0 Å². The van der Waals surface area contributed by atoms with Crippen molar-refractivity contribution in [3.05, 3.63) is 54.6 Å². The van der Waals surface area contributed by atoms with Crippen molar-refractivity contribution in [3.63, 3.8) is 0 Å². The topological polar surface area (TPSA) is 79.5 Å². The smallest absolute Gasteiger partial charge is 0.319 e. The molecule has 23 heavy (non-hydrogen) atoms. The molecule has 0 aliphatic carbocycles. The Bertz CT molecular complexity index is 659. The van der Waals surface area contributed by atoms with Gasteiger partial charge in [-0.05, 0) is 31.2 Å². The molecule has 120 valence electrons. The molecule has 2 rings (SSSR count). The Labute approximate surface area is 134 Å². The van der Waals surface area contributed by atoms with Crippen LogP contribution in [0.25, 0.3) is 0 Å². The van der Waals surface area contributed by atoms with E-state index in [0.29, 0.717) is 23.7 Å². The molecule has 0 bridgehead atoms. The van der Waals surface area contributed by atoms with Crippen molar-refractivity contribution in [2.24, 2.45) is 0 Å². The van der Waals surface area contributed by atoms with Crippen LogP contribution in [0, 0.1) is 0 Å². The molecule has 3 N–H and O–H groups in total. The number of nitrogens with one attached hydrogen (secondary N) is 3. The van der Waals surface area contributed by atoms with Gasteiger partial charge < -0.3 is 20.7 Å². The van der Waals surface area contributed by atoms with E-state index in [2.05, 4.69) is 16.0 Å². The fraction of sp³-hybridized carbons (Fsp3) is 0.176. The number of benzene rings is 2. The van der Waals surface area contributed by atoms with Gasteiger partial charge in [0, 0.05) is 5.69 Å². The monoisotopic (exact) mass is 313 g/mol. The molecule has 0 atom stereocenters. The third-order valence-electron chi connectivity index (χ3n) is 2.90. The SMILES string of the molecule is CCOc1ccccc1NC(=O)CNC(=O)Nc1ccccc1. The number of anilines is 2. The van der Waals surface area contributed by atoms with E-state index in [4.69, 9.17) is 4.74 Å². The van der Waals surface area contributed by atoms with Gasteiger partial charge in [-0.3, -0.25) is 4.79 Å². The zero-order chi connectivity index (χ0) is 16.5. The first kappa shape index (κ1) is 16.4. The molecule has 0 saturated heterocycles. The maximum Gasteiger partial charge on any atom is 0.319 e. The van der Waals surface area contributed by atoms with Gasteiger partial charge >= 0.3 is 6.03 Å². The molecular weight excluding hydrogens is 294 g/mol. The standard InChI is InChI=1S/C17H19N3O3/c1-2-23-15-11-7-6-10-14(15)20-16(21)12-18-17(22)19-13-8-4-3-5-9-13/h3-11H,2,12H2,1H3,(H,20,21)(H2,18,19,22). The molecule has 0 radical (unpaired) electrons. The quantitative estimate of drug-likeness (QED) is 0.767. The maximum absolute atomic E-state index is 11.9. The molecule has 2 aromatic carbocycles. The number of urea groups is 1. The average molecular weight is 313 g/mol. The van der Waals surface area contributed by atoms with Gasteiger partial charge in [0.2, 0.25) is 5.91 Å². The molecule has 0 spiro atoms. The number of carbonyl (C=O) groups excluding carboxylic acids is 2. The number of amides is 3. The molecule has 0 aliphatic heterocycles. The van der Waals surface area contributed by atoms with Gasteiger partial charge in [-0.15, -0.1) is 0 Å². The highest BCUT2D eigenvalue weighted by Gasteiger charge is 2.09. The van der Waals surface area contributed by atoms with Crippen molar-refractivity contribution in [3.8, 4) is 5.75 Å². The van der Waals surface area contributed by atoms with Crippen LogP contribution in [-0.4, -0.2) is 25.1 Å². The summed E-state index contributed by atoms with van der Waals surface area (Å²) in [6.45, 7) is 2.23. The van der Waals surface area contributed by atoms with Crippen LogP contribution in [0.3, 0.4) is 0 Å². The molecule has 0 fully saturated rings. The Hall–Kier alpha value is -3.02. The van der Waals surface area contributed by atoms with Crippen LogP contribution in [0.15, 0.2) is 54.6 Å². The van der Waals surface area contributed by atoms with Crippen molar-refractivity contribution < 1.29 is 14.3 Å². The molecular formula is C17H19N3O3. The number of hydrogen-bond acceptors (Lipinski definition) is 3. The highest BCUT2D eigenvalue weighted by atomic mass is 16.5. The largest absolute Gasteiger partial charge is 0.492 e. The van der Waals surface area contributed by atoms with Crippen molar-refractivity contribution in [1.29, 1.82) is 0 Å². The van der Waals surface area contributed by atoms with Gasteiger partial charge in [-0.1, -0.05) is 30.3 Å². The van der Waals surface area contributed by atoms with E-state index in [9.17, 15) is 9.59 Å². The summed E-state index contributed by atoms with van der Waals surface area (Å²) >= 11 is 0. The van der Waals surface area contributed by atoms with Gasteiger partial charge in [0.1, 0.15) is 5.75 Å². The molecule has 6 heteroatoms. The van der Waals surface area contributed by atoms with Gasteiger partial charge in [0.15, 0.2) is 0 Å². The second kappa shape index (κ2) is 8.43. The van der Waals surface area contributed by atoms with E-state index in [1.807, 2.05) is 31.2 Å². The molecule has 6 nitrogen and oxygen atoms in total. The van der Waals surface area contributed by atoms with E-state index >= 15 is 0 Å². The zero-order valence-electron chi connectivity index (χ0n) is 12.8. The summed E-state index contributed by atoms with van der Waals surface area (Å²) in [6.07, 6.45) is 0. The molecule has 2 aromatic rings. The van der Waals surface area contributed by atoms with E-state index < -0.39 is 6.03 Å².